The SMILES string of the molecule is CCCNCCn1cc(S(=O)(=O)N(C)C2CCCC2)cn1. The second kappa shape index (κ2) is 7.38. The van der Waals surface area contributed by atoms with Crippen LogP contribution in [0.4, 0.5) is 0 Å². The van der Waals surface area contributed by atoms with Crippen molar-refractivity contribution in [3.8, 4) is 0 Å². The van der Waals surface area contributed by atoms with Gasteiger partial charge in [-0.25, -0.2) is 8.42 Å². The molecule has 6 nitrogen and oxygen atoms in total. The van der Waals surface area contributed by atoms with Gasteiger partial charge in [0.25, 0.3) is 0 Å². The molecule has 0 radical (unpaired) electrons. The molecule has 120 valence electrons. The van der Waals surface area contributed by atoms with E-state index in [9.17, 15) is 8.42 Å². The Hall–Kier alpha value is -0.920. The molecule has 1 N–H and O–H groups in total. The maximum absolute atomic E-state index is 12.6. The van der Waals surface area contributed by atoms with E-state index in [1.165, 1.54) is 10.5 Å². The summed E-state index contributed by atoms with van der Waals surface area (Å²) in [5.41, 5.74) is 0. The Kier molecular flexibility index (Phi) is 5.78. The maximum atomic E-state index is 12.6. The van der Waals surface area contributed by atoms with Crippen LogP contribution >= 0.6 is 0 Å². The molecule has 1 heterocycles. The van der Waals surface area contributed by atoms with Gasteiger partial charge in [-0.05, 0) is 25.8 Å². The zero-order chi connectivity index (χ0) is 15.3. The van der Waals surface area contributed by atoms with Gasteiger partial charge in [-0.3, -0.25) is 4.68 Å². The van der Waals surface area contributed by atoms with E-state index in [1.807, 2.05) is 0 Å². The minimum absolute atomic E-state index is 0.143. The number of nitrogens with one attached hydrogen (secondary N) is 1. The molecule has 1 fully saturated rings. The molecular formula is C14H26N4O2S. The zero-order valence-corrected chi connectivity index (χ0v) is 13.8. The van der Waals surface area contributed by atoms with Gasteiger partial charge < -0.3 is 5.32 Å². The van der Waals surface area contributed by atoms with Crippen molar-refractivity contribution in [3.63, 3.8) is 0 Å². The Morgan fingerprint density at radius 3 is 2.76 bits per heavy atom. The van der Waals surface area contributed by atoms with E-state index in [0.717, 1.165) is 45.2 Å². The predicted molar refractivity (Wildman–Crippen MR) is 82.6 cm³/mol. The second-order valence-corrected chi connectivity index (χ2v) is 7.65. The number of aromatic nitrogens is 2. The summed E-state index contributed by atoms with van der Waals surface area (Å²) in [4.78, 5) is 0.299. The van der Waals surface area contributed by atoms with Crippen LogP contribution in [0.1, 0.15) is 39.0 Å². The number of hydrogen-bond donors (Lipinski definition) is 1. The number of rotatable bonds is 8. The van der Waals surface area contributed by atoms with Crippen LogP contribution in [0.2, 0.25) is 0 Å². The molecule has 7 heteroatoms. The summed E-state index contributed by atoms with van der Waals surface area (Å²) < 4.78 is 28.3. The van der Waals surface area contributed by atoms with Gasteiger partial charge in [-0.1, -0.05) is 19.8 Å². The normalized spacial score (nSPS) is 16.9. The summed E-state index contributed by atoms with van der Waals surface area (Å²) >= 11 is 0. The molecule has 0 aliphatic heterocycles. The highest BCUT2D eigenvalue weighted by molar-refractivity contribution is 7.89. The monoisotopic (exact) mass is 314 g/mol. The van der Waals surface area contributed by atoms with Crippen molar-refractivity contribution in [1.29, 1.82) is 0 Å². The van der Waals surface area contributed by atoms with Crippen molar-refractivity contribution in [2.75, 3.05) is 20.1 Å². The largest absolute Gasteiger partial charge is 0.315 e. The van der Waals surface area contributed by atoms with E-state index in [0.29, 0.717) is 11.4 Å². The standard InChI is InChI=1S/C14H26N4O2S/c1-3-8-15-9-10-18-12-14(11-16-18)21(19,20)17(2)13-6-4-5-7-13/h11-13,15H,3-10H2,1-2H3. The quantitative estimate of drug-likeness (QED) is 0.738. The fraction of sp³-hybridized carbons (Fsp3) is 0.786. The van der Waals surface area contributed by atoms with E-state index in [1.54, 1.807) is 17.9 Å². The highest BCUT2D eigenvalue weighted by Gasteiger charge is 2.30. The number of hydrogen-bond acceptors (Lipinski definition) is 4. The van der Waals surface area contributed by atoms with E-state index in [-0.39, 0.29) is 6.04 Å². The van der Waals surface area contributed by atoms with Crippen LogP contribution in [0, 0.1) is 0 Å². The van der Waals surface area contributed by atoms with Crippen LogP contribution in [0.5, 0.6) is 0 Å². The van der Waals surface area contributed by atoms with Crippen LogP contribution in [-0.4, -0.2) is 48.7 Å². The Labute approximate surface area is 127 Å². The zero-order valence-electron chi connectivity index (χ0n) is 13.0. The average molecular weight is 314 g/mol. The molecule has 2 rings (SSSR count). The Balaban J connectivity index is 1.98. The third kappa shape index (κ3) is 4.05. The summed E-state index contributed by atoms with van der Waals surface area (Å²) in [7, 11) is -1.72. The predicted octanol–water partition coefficient (Wildman–Crippen LogP) is 1.45. The first-order valence-corrected chi connectivity index (χ1v) is 9.21. The van der Waals surface area contributed by atoms with Gasteiger partial charge in [0.05, 0.1) is 12.7 Å². The lowest BCUT2D eigenvalue weighted by Crippen LogP contribution is -2.35. The molecule has 0 spiro atoms. The van der Waals surface area contributed by atoms with E-state index in [4.69, 9.17) is 0 Å². The van der Waals surface area contributed by atoms with Crippen molar-refractivity contribution in [2.24, 2.45) is 0 Å². The molecule has 0 atom stereocenters. The highest BCUT2D eigenvalue weighted by Crippen LogP contribution is 2.26. The fourth-order valence-electron chi connectivity index (χ4n) is 2.73. The van der Waals surface area contributed by atoms with Crippen LogP contribution in [0.3, 0.4) is 0 Å². The van der Waals surface area contributed by atoms with Crippen LogP contribution in [0.15, 0.2) is 17.3 Å². The molecule has 21 heavy (non-hydrogen) atoms. The molecule has 0 aromatic carbocycles. The fourth-order valence-corrected chi connectivity index (χ4v) is 4.10. The van der Waals surface area contributed by atoms with Gasteiger partial charge >= 0.3 is 0 Å². The van der Waals surface area contributed by atoms with Crippen molar-refractivity contribution >= 4 is 10.0 Å². The van der Waals surface area contributed by atoms with Gasteiger partial charge in [-0.15, -0.1) is 0 Å². The topological polar surface area (TPSA) is 67.2 Å². The Morgan fingerprint density at radius 2 is 2.10 bits per heavy atom. The molecule has 1 aromatic heterocycles. The molecule has 0 amide bonds. The highest BCUT2D eigenvalue weighted by atomic mass is 32.2. The minimum atomic E-state index is -3.41. The molecule has 0 bridgehead atoms. The summed E-state index contributed by atoms with van der Waals surface area (Å²) in [6, 6.07) is 0.143. The summed E-state index contributed by atoms with van der Waals surface area (Å²) in [6.07, 6.45) is 8.34. The first-order valence-electron chi connectivity index (χ1n) is 7.77. The van der Waals surface area contributed by atoms with Crippen LogP contribution < -0.4 is 5.32 Å². The molecule has 1 saturated carbocycles. The minimum Gasteiger partial charge on any atom is -0.315 e. The summed E-state index contributed by atoms with van der Waals surface area (Å²) in [5.74, 6) is 0. The third-order valence-electron chi connectivity index (χ3n) is 4.07. The summed E-state index contributed by atoms with van der Waals surface area (Å²) in [6.45, 7) is 4.57. The molecule has 0 unspecified atom stereocenters. The van der Waals surface area contributed by atoms with Gasteiger partial charge in [0.1, 0.15) is 4.90 Å². The smallest absolute Gasteiger partial charge is 0.246 e. The van der Waals surface area contributed by atoms with Gasteiger partial charge in [0, 0.05) is 25.8 Å². The second-order valence-electron chi connectivity index (χ2n) is 5.65. The van der Waals surface area contributed by atoms with Gasteiger partial charge in [0.15, 0.2) is 0 Å². The lowest BCUT2D eigenvalue weighted by molar-refractivity contribution is 0.373. The molecule has 0 saturated heterocycles. The van der Waals surface area contributed by atoms with Gasteiger partial charge in [-0.2, -0.15) is 9.40 Å². The van der Waals surface area contributed by atoms with Crippen molar-refractivity contribution in [1.82, 2.24) is 19.4 Å². The molecular weight excluding hydrogens is 288 g/mol. The lowest BCUT2D eigenvalue weighted by atomic mass is 10.3. The Morgan fingerprint density at radius 1 is 1.38 bits per heavy atom. The lowest BCUT2D eigenvalue weighted by Gasteiger charge is -2.22. The van der Waals surface area contributed by atoms with Crippen molar-refractivity contribution in [2.45, 2.75) is 56.5 Å². The first-order chi connectivity index (χ1) is 10.1. The average Bonchev–Trinajstić information content (AvgIpc) is 3.14. The number of sulfonamides is 1. The summed E-state index contributed by atoms with van der Waals surface area (Å²) in [5, 5.41) is 7.44. The van der Waals surface area contributed by atoms with Gasteiger partial charge in [0.2, 0.25) is 10.0 Å². The molecule has 1 aliphatic rings. The van der Waals surface area contributed by atoms with Crippen LogP contribution in [-0.2, 0) is 16.6 Å². The first kappa shape index (κ1) is 16.5. The number of nitrogens with zero attached hydrogens (tertiary/aromatic N) is 3. The Bertz CT molecular complexity index is 535. The molecule has 1 aromatic rings. The third-order valence-corrected chi connectivity index (χ3v) is 5.93. The van der Waals surface area contributed by atoms with Crippen molar-refractivity contribution in [3.05, 3.63) is 12.4 Å². The van der Waals surface area contributed by atoms with E-state index < -0.39 is 10.0 Å². The molecule has 1 aliphatic carbocycles. The van der Waals surface area contributed by atoms with Crippen LogP contribution in [0.25, 0.3) is 0 Å². The van der Waals surface area contributed by atoms with E-state index >= 15 is 0 Å². The maximum Gasteiger partial charge on any atom is 0.246 e. The van der Waals surface area contributed by atoms with Crippen molar-refractivity contribution < 1.29 is 8.42 Å². The van der Waals surface area contributed by atoms with E-state index in [2.05, 4.69) is 17.3 Å².